The molecule has 0 fully saturated rings. The SMILES string of the molecule is CCOC(=O)C=CCC=C(C)C. The summed E-state index contributed by atoms with van der Waals surface area (Å²) in [7, 11) is 0. The van der Waals surface area contributed by atoms with Gasteiger partial charge in [0.05, 0.1) is 6.61 Å². The van der Waals surface area contributed by atoms with Crippen molar-refractivity contribution in [3.8, 4) is 0 Å². The normalized spacial score (nSPS) is 9.92. The molecule has 2 nitrogen and oxygen atoms in total. The molecule has 0 saturated carbocycles. The third-order valence-corrected chi connectivity index (χ3v) is 1.20. The smallest absolute Gasteiger partial charge is 0.330 e. The summed E-state index contributed by atoms with van der Waals surface area (Å²) in [4.78, 5) is 10.8. The molecule has 0 aliphatic carbocycles. The number of hydrogen-bond donors (Lipinski definition) is 0. The van der Waals surface area contributed by atoms with E-state index in [0.717, 1.165) is 6.42 Å². The van der Waals surface area contributed by atoms with E-state index < -0.39 is 0 Å². The molecule has 0 bridgehead atoms. The second kappa shape index (κ2) is 6.65. The summed E-state index contributed by atoms with van der Waals surface area (Å²) in [5.41, 5.74) is 1.25. The molecule has 0 amide bonds. The molecule has 12 heavy (non-hydrogen) atoms. The zero-order valence-corrected chi connectivity index (χ0v) is 7.96. The average Bonchev–Trinajstić information content (AvgIpc) is 1.98. The molecule has 2 heteroatoms. The summed E-state index contributed by atoms with van der Waals surface area (Å²) in [5, 5.41) is 0. The topological polar surface area (TPSA) is 26.3 Å². The molecule has 0 aromatic rings. The first-order chi connectivity index (χ1) is 5.66. The van der Waals surface area contributed by atoms with Gasteiger partial charge in [-0.3, -0.25) is 0 Å². The van der Waals surface area contributed by atoms with Crippen molar-refractivity contribution < 1.29 is 9.53 Å². The number of allylic oxidation sites excluding steroid dienone is 3. The van der Waals surface area contributed by atoms with Gasteiger partial charge in [0, 0.05) is 6.08 Å². The van der Waals surface area contributed by atoms with Gasteiger partial charge in [0.1, 0.15) is 0 Å². The van der Waals surface area contributed by atoms with E-state index in [0.29, 0.717) is 6.61 Å². The highest BCUT2D eigenvalue weighted by Gasteiger charge is 1.90. The van der Waals surface area contributed by atoms with Crippen LogP contribution in [0.3, 0.4) is 0 Å². The Morgan fingerprint density at radius 1 is 1.42 bits per heavy atom. The highest BCUT2D eigenvalue weighted by Crippen LogP contribution is 1.94. The van der Waals surface area contributed by atoms with Gasteiger partial charge in [-0.25, -0.2) is 4.79 Å². The number of hydrogen-bond acceptors (Lipinski definition) is 2. The lowest BCUT2D eigenvalue weighted by Crippen LogP contribution is -1.98. The van der Waals surface area contributed by atoms with Gasteiger partial charge in [-0.05, 0) is 27.2 Å². The molecule has 0 spiro atoms. The van der Waals surface area contributed by atoms with Gasteiger partial charge in [0.25, 0.3) is 0 Å². The minimum atomic E-state index is -0.264. The number of ether oxygens (including phenoxy) is 1. The first kappa shape index (κ1) is 11.0. The quantitative estimate of drug-likeness (QED) is 0.366. The van der Waals surface area contributed by atoms with Crippen molar-refractivity contribution in [3.05, 3.63) is 23.8 Å². The van der Waals surface area contributed by atoms with E-state index in [-0.39, 0.29) is 5.97 Å². The minimum Gasteiger partial charge on any atom is -0.463 e. The second-order valence-electron chi connectivity index (χ2n) is 2.67. The highest BCUT2D eigenvalue weighted by atomic mass is 16.5. The van der Waals surface area contributed by atoms with Crippen LogP contribution in [0.5, 0.6) is 0 Å². The summed E-state index contributed by atoms with van der Waals surface area (Å²) in [6, 6.07) is 0. The Labute approximate surface area is 73.9 Å². The lowest BCUT2D eigenvalue weighted by atomic mass is 10.2. The maximum absolute atomic E-state index is 10.8. The van der Waals surface area contributed by atoms with E-state index in [1.54, 1.807) is 13.0 Å². The molecule has 68 valence electrons. The maximum atomic E-state index is 10.8. The fraction of sp³-hybridized carbons (Fsp3) is 0.500. The van der Waals surface area contributed by atoms with E-state index in [2.05, 4.69) is 6.08 Å². The predicted octanol–water partition coefficient (Wildman–Crippen LogP) is 2.46. The summed E-state index contributed by atoms with van der Waals surface area (Å²) in [6.45, 7) is 6.28. The van der Waals surface area contributed by atoms with Crippen LogP contribution < -0.4 is 0 Å². The fourth-order valence-corrected chi connectivity index (χ4v) is 0.658. The minimum absolute atomic E-state index is 0.264. The summed E-state index contributed by atoms with van der Waals surface area (Å²) in [6.07, 6.45) is 6.10. The van der Waals surface area contributed by atoms with E-state index in [4.69, 9.17) is 4.74 Å². The molecule has 0 atom stereocenters. The standard InChI is InChI=1S/C10H16O2/c1-4-12-10(11)8-6-5-7-9(2)3/h6-8H,4-5H2,1-3H3. The van der Waals surface area contributed by atoms with Gasteiger partial charge in [0.15, 0.2) is 0 Å². The molecule has 0 radical (unpaired) electrons. The van der Waals surface area contributed by atoms with Crippen molar-refractivity contribution in [1.29, 1.82) is 0 Å². The van der Waals surface area contributed by atoms with Crippen molar-refractivity contribution in [3.63, 3.8) is 0 Å². The first-order valence-corrected chi connectivity index (χ1v) is 4.13. The van der Waals surface area contributed by atoms with Crippen LogP contribution in [-0.4, -0.2) is 12.6 Å². The largest absolute Gasteiger partial charge is 0.463 e. The van der Waals surface area contributed by atoms with Crippen LogP contribution in [0.2, 0.25) is 0 Å². The van der Waals surface area contributed by atoms with Crippen molar-refractivity contribution in [2.45, 2.75) is 27.2 Å². The zero-order chi connectivity index (χ0) is 9.40. The third kappa shape index (κ3) is 7.06. The Morgan fingerprint density at radius 3 is 2.58 bits per heavy atom. The lowest BCUT2D eigenvalue weighted by molar-refractivity contribution is -0.137. The van der Waals surface area contributed by atoms with Crippen molar-refractivity contribution in [1.82, 2.24) is 0 Å². The van der Waals surface area contributed by atoms with Crippen LogP contribution in [0.15, 0.2) is 23.8 Å². The van der Waals surface area contributed by atoms with Gasteiger partial charge >= 0.3 is 5.97 Å². The van der Waals surface area contributed by atoms with Crippen molar-refractivity contribution in [2.24, 2.45) is 0 Å². The van der Waals surface area contributed by atoms with E-state index in [1.807, 2.05) is 13.8 Å². The molecular weight excluding hydrogens is 152 g/mol. The van der Waals surface area contributed by atoms with Gasteiger partial charge < -0.3 is 4.74 Å². The van der Waals surface area contributed by atoms with E-state index >= 15 is 0 Å². The van der Waals surface area contributed by atoms with Crippen LogP contribution in [0, 0.1) is 0 Å². The number of rotatable bonds is 4. The summed E-state index contributed by atoms with van der Waals surface area (Å²) >= 11 is 0. The molecular formula is C10H16O2. The molecule has 0 aliphatic rings. The fourth-order valence-electron chi connectivity index (χ4n) is 0.658. The first-order valence-electron chi connectivity index (χ1n) is 4.13. The number of carbonyl (C=O) groups is 1. The van der Waals surface area contributed by atoms with Crippen LogP contribution in [0.4, 0.5) is 0 Å². The Morgan fingerprint density at radius 2 is 2.08 bits per heavy atom. The van der Waals surface area contributed by atoms with Gasteiger partial charge in [-0.2, -0.15) is 0 Å². The van der Waals surface area contributed by atoms with Gasteiger partial charge in [-0.15, -0.1) is 0 Å². The second-order valence-corrected chi connectivity index (χ2v) is 2.67. The number of carbonyl (C=O) groups excluding carboxylic acids is 1. The predicted molar refractivity (Wildman–Crippen MR) is 49.8 cm³/mol. The number of esters is 1. The molecule has 0 aromatic carbocycles. The van der Waals surface area contributed by atoms with Crippen LogP contribution in [0.1, 0.15) is 27.2 Å². The molecule has 0 heterocycles. The molecule has 0 unspecified atom stereocenters. The molecule has 0 aliphatic heterocycles. The summed E-state index contributed by atoms with van der Waals surface area (Å²) in [5.74, 6) is -0.264. The Balaban J connectivity index is 3.62. The lowest BCUT2D eigenvalue weighted by Gasteiger charge is -1.93. The highest BCUT2D eigenvalue weighted by molar-refractivity contribution is 5.81. The Bertz CT molecular complexity index is 186. The Hall–Kier alpha value is -1.05. The van der Waals surface area contributed by atoms with E-state index in [9.17, 15) is 4.79 Å². The average molecular weight is 168 g/mol. The van der Waals surface area contributed by atoms with Gasteiger partial charge in [-0.1, -0.05) is 17.7 Å². The van der Waals surface area contributed by atoms with Gasteiger partial charge in [0.2, 0.25) is 0 Å². The van der Waals surface area contributed by atoms with Crippen molar-refractivity contribution >= 4 is 5.97 Å². The van der Waals surface area contributed by atoms with Crippen LogP contribution in [0.25, 0.3) is 0 Å². The van der Waals surface area contributed by atoms with Crippen LogP contribution in [-0.2, 0) is 9.53 Å². The molecule has 0 saturated heterocycles. The summed E-state index contributed by atoms with van der Waals surface area (Å²) < 4.78 is 4.70. The van der Waals surface area contributed by atoms with E-state index in [1.165, 1.54) is 11.6 Å². The molecule has 0 aromatic heterocycles. The van der Waals surface area contributed by atoms with Crippen molar-refractivity contribution in [2.75, 3.05) is 6.61 Å². The Kier molecular flexibility index (Phi) is 6.07. The van der Waals surface area contributed by atoms with Crippen LogP contribution >= 0.6 is 0 Å². The molecule has 0 N–H and O–H groups in total. The maximum Gasteiger partial charge on any atom is 0.330 e. The monoisotopic (exact) mass is 168 g/mol. The zero-order valence-electron chi connectivity index (χ0n) is 7.96. The molecule has 0 rings (SSSR count). The third-order valence-electron chi connectivity index (χ3n) is 1.20.